The molecule has 1 aromatic heterocycles. The summed E-state index contributed by atoms with van der Waals surface area (Å²) in [6, 6.07) is 13.2. The van der Waals surface area contributed by atoms with Crippen molar-refractivity contribution in [1.82, 2.24) is 10.3 Å². The van der Waals surface area contributed by atoms with Crippen LogP contribution >= 0.6 is 0 Å². The third-order valence-electron chi connectivity index (χ3n) is 7.51. The number of fused-ring (bicyclic) bond motifs is 1. The van der Waals surface area contributed by atoms with E-state index >= 15 is 0 Å². The number of benzene rings is 1. The van der Waals surface area contributed by atoms with E-state index in [0.29, 0.717) is 0 Å². The van der Waals surface area contributed by atoms with E-state index in [1.54, 1.807) is 11.1 Å². The average Bonchev–Trinajstić information content (AvgIpc) is 3.24. The van der Waals surface area contributed by atoms with E-state index in [4.69, 9.17) is 14.5 Å². The molecule has 0 radical (unpaired) electrons. The lowest BCUT2D eigenvalue weighted by Gasteiger charge is -2.45. The normalized spacial score (nSPS) is 28.5. The fourth-order valence-corrected chi connectivity index (χ4v) is 5.87. The van der Waals surface area contributed by atoms with E-state index in [1.165, 1.54) is 36.9 Å². The Morgan fingerprint density at radius 1 is 1.00 bits per heavy atom. The topological polar surface area (TPSA) is 43.4 Å². The standard InChI is InChI=1S/C26H34N2O2/c1-2-9-23-21(6-1)7-5-8-22(23)18-27-15-11-25(24-10-3-4-14-28-24)12-17-30-26(19-25)13-16-29-20-26/h3-5,7-8,10,14,27H,1-2,6,9,11-13,15-20H2. The molecule has 3 heterocycles. The van der Waals surface area contributed by atoms with Crippen LogP contribution in [-0.4, -0.2) is 37.0 Å². The number of hydrogen-bond donors (Lipinski definition) is 1. The van der Waals surface area contributed by atoms with Crippen LogP contribution in [0.2, 0.25) is 0 Å². The Morgan fingerprint density at radius 2 is 1.97 bits per heavy atom. The van der Waals surface area contributed by atoms with Crippen molar-refractivity contribution in [3.8, 4) is 0 Å². The molecule has 0 saturated carbocycles. The highest BCUT2D eigenvalue weighted by Gasteiger charge is 2.49. The number of hydrogen-bond acceptors (Lipinski definition) is 4. The Balaban J connectivity index is 1.28. The lowest BCUT2D eigenvalue weighted by Crippen LogP contribution is -2.49. The van der Waals surface area contributed by atoms with Crippen molar-refractivity contribution in [3.63, 3.8) is 0 Å². The van der Waals surface area contributed by atoms with Crippen molar-refractivity contribution in [1.29, 1.82) is 0 Å². The molecule has 0 amide bonds. The highest BCUT2D eigenvalue weighted by Crippen LogP contribution is 2.46. The van der Waals surface area contributed by atoms with Crippen molar-refractivity contribution < 1.29 is 9.47 Å². The number of rotatable bonds is 6. The second-order valence-corrected chi connectivity index (χ2v) is 9.44. The van der Waals surface area contributed by atoms with E-state index < -0.39 is 0 Å². The molecule has 5 rings (SSSR count). The molecule has 2 fully saturated rings. The molecule has 1 N–H and O–H groups in total. The zero-order valence-electron chi connectivity index (χ0n) is 18.0. The van der Waals surface area contributed by atoms with Gasteiger partial charge in [-0.15, -0.1) is 0 Å². The van der Waals surface area contributed by atoms with Gasteiger partial charge in [0.15, 0.2) is 0 Å². The Bertz CT molecular complexity index is 847. The predicted molar refractivity (Wildman–Crippen MR) is 119 cm³/mol. The summed E-state index contributed by atoms with van der Waals surface area (Å²) in [7, 11) is 0. The van der Waals surface area contributed by atoms with Gasteiger partial charge in [0.1, 0.15) is 0 Å². The van der Waals surface area contributed by atoms with Crippen LogP contribution < -0.4 is 5.32 Å². The molecule has 160 valence electrons. The maximum absolute atomic E-state index is 6.27. The number of aryl methyl sites for hydroxylation is 1. The molecule has 2 aromatic rings. The smallest absolute Gasteiger partial charge is 0.0945 e. The van der Waals surface area contributed by atoms with Crippen molar-refractivity contribution >= 4 is 0 Å². The van der Waals surface area contributed by atoms with Gasteiger partial charge < -0.3 is 14.8 Å². The minimum Gasteiger partial charge on any atom is -0.378 e. The molecule has 2 aliphatic heterocycles. The number of nitrogens with one attached hydrogen (secondary N) is 1. The van der Waals surface area contributed by atoms with E-state index in [9.17, 15) is 0 Å². The van der Waals surface area contributed by atoms with Gasteiger partial charge in [-0.1, -0.05) is 24.3 Å². The Hall–Kier alpha value is -1.75. The van der Waals surface area contributed by atoms with Gasteiger partial charge in [-0.25, -0.2) is 0 Å². The Morgan fingerprint density at radius 3 is 2.83 bits per heavy atom. The van der Waals surface area contributed by atoms with Gasteiger partial charge in [-0.3, -0.25) is 4.98 Å². The number of nitrogens with zero attached hydrogens (tertiary/aromatic N) is 1. The van der Waals surface area contributed by atoms with E-state index in [1.807, 2.05) is 12.3 Å². The van der Waals surface area contributed by atoms with E-state index in [-0.39, 0.29) is 11.0 Å². The summed E-state index contributed by atoms with van der Waals surface area (Å²) in [4.78, 5) is 4.80. The molecular weight excluding hydrogens is 372 g/mol. The maximum atomic E-state index is 6.27. The summed E-state index contributed by atoms with van der Waals surface area (Å²) in [5, 5.41) is 3.77. The Labute approximate surface area is 180 Å². The monoisotopic (exact) mass is 406 g/mol. The minimum atomic E-state index is -0.117. The molecule has 2 unspecified atom stereocenters. The molecule has 1 aromatic carbocycles. The summed E-state index contributed by atoms with van der Waals surface area (Å²) in [6.07, 6.45) is 11.2. The molecule has 4 heteroatoms. The lowest BCUT2D eigenvalue weighted by atomic mass is 9.68. The van der Waals surface area contributed by atoms with Gasteiger partial charge >= 0.3 is 0 Å². The van der Waals surface area contributed by atoms with Gasteiger partial charge in [0.05, 0.1) is 12.2 Å². The van der Waals surface area contributed by atoms with Crippen LogP contribution in [0.4, 0.5) is 0 Å². The first-order chi connectivity index (χ1) is 14.8. The molecule has 1 spiro atoms. The predicted octanol–water partition coefficient (Wildman–Crippen LogP) is 4.35. The fraction of sp³-hybridized carbons (Fsp3) is 0.577. The molecular formula is C26H34N2O2. The first kappa shape index (κ1) is 20.2. The maximum Gasteiger partial charge on any atom is 0.0945 e. The fourth-order valence-electron chi connectivity index (χ4n) is 5.87. The van der Waals surface area contributed by atoms with Crippen LogP contribution in [0.3, 0.4) is 0 Å². The zero-order valence-corrected chi connectivity index (χ0v) is 18.0. The zero-order chi connectivity index (χ0) is 20.3. The first-order valence-corrected chi connectivity index (χ1v) is 11.7. The summed E-state index contributed by atoms with van der Waals surface area (Å²) < 4.78 is 12.0. The van der Waals surface area contributed by atoms with E-state index in [2.05, 4.69) is 35.6 Å². The second kappa shape index (κ2) is 8.78. The summed E-state index contributed by atoms with van der Waals surface area (Å²) in [6.45, 7) is 4.30. The van der Waals surface area contributed by atoms with Crippen LogP contribution in [0.15, 0.2) is 42.6 Å². The highest BCUT2D eigenvalue weighted by molar-refractivity contribution is 5.37. The molecule has 1 aliphatic carbocycles. The van der Waals surface area contributed by atoms with Gasteiger partial charge in [-0.05, 0) is 80.3 Å². The third kappa shape index (κ3) is 4.05. The van der Waals surface area contributed by atoms with Crippen molar-refractivity contribution in [2.75, 3.05) is 26.4 Å². The van der Waals surface area contributed by atoms with Gasteiger partial charge in [-0.2, -0.15) is 0 Å². The minimum absolute atomic E-state index is 0.0658. The molecule has 0 bridgehead atoms. The van der Waals surface area contributed by atoms with Crippen molar-refractivity contribution in [2.24, 2.45) is 0 Å². The Kier molecular flexibility index (Phi) is 5.90. The SMILES string of the molecule is c1ccc(C2(CCNCc3cccc4c3CCCC4)CCOC3(CCOC3)C2)nc1. The lowest BCUT2D eigenvalue weighted by molar-refractivity contribution is -0.109. The quantitative estimate of drug-likeness (QED) is 0.725. The van der Waals surface area contributed by atoms with Crippen LogP contribution in [0.5, 0.6) is 0 Å². The first-order valence-electron chi connectivity index (χ1n) is 11.7. The van der Waals surface area contributed by atoms with Gasteiger partial charge in [0.2, 0.25) is 0 Å². The van der Waals surface area contributed by atoms with Gasteiger partial charge in [0.25, 0.3) is 0 Å². The van der Waals surface area contributed by atoms with Crippen LogP contribution in [-0.2, 0) is 34.3 Å². The summed E-state index contributed by atoms with van der Waals surface area (Å²) >= 11 is 0. The third-order valence-corrected chi connectivity index (χ3v) is 7.51. The van der Waals surface area contributed by atoms with Crippen molar-refractivity contribution in [2.45, 2.75) is 68.9 Å². The molecule has 2 saturated heterocycles. The largest absolute Gasteiger partial charge is 0.378 e. The average molecular weight is 407 g/mol. The summed E-state index contributed by atoms with van der Waals surface area (Å²) in [5.74, 6) is 0. The van der Waals surface area contributed by atoms with Gasteiger partial charge in [0, 0.05) is 43.5 Å². The molecule has 3 aliphatic rings. The molecule has 30 heavy (non-hydrogen) atoms. The van der Waals surface area contributed by atoms with Crippen LogP contribution in [0.25, 0.3) is 0 Å². The van der Waals surface area contributed by atoms with E-state index in [0.717, 1.165) is 58.6 Å². The molecule has 4 nitrogen and oxygen atoms in total. The number of aromatic nitrogens is 1. The molecule has 2 atom stereocenters. The number of ether oxygens (including phenoxy) is 2. The van der Waals surface area contributed by atoms with Crippen LogP contribution in [0.1, 0.15) is 60.9 Å². The summed E-state index contributed by atoms with van der Waals surface area (Å²) in [5.41, 5.74) is 5.83. The second-order valence-electron chi connectivity index (χ2n) is 9.44. The number of pyridine rings is 1. The van der Waals surface area contributed by atoms with Crippen molar-refractivity contribution in [3.05, 3.63) is 65.0 Å². The van der Waals surface area contributed by atoms with Crippen LogP contribution in [0, 0.1) is 0 Å². The highest BCUT2D eigenvalue weighted by atomic mass is 16.6.